The number of rotatable bonds is 7. The van der Waals surface area contributed by atoms with E-state index in [1.807, 2.05) is 41.0 Å². The first-order valence-corrected chi connectivity index (χ1v) is 11.9. The highest BCUT2D eigenvalue weighted by Gasteiger charge is 2.30. The number of ketones is 1. The molecule has 0 saturated carbocycles. The molecule has 0 spiro atoms. The van der Waals surface area contributed by atoms with Gasteiger partial charge in [-0.2, -0.15) is 0 Å². The van der Waals surface area contributed by atoms with Crippen molar-refractivity contribution in [3.63, 3.8) is 0 Å². The summed E-state index contributed by atoms with van der Waals surface area (Å²) in [7, 11) is 2.12. The highest BCUT2D eigenvalue weighted by atomic mass is 16.1. The van der Waals surface area contributed by atoms with Gasteiger partial charge in [-0.05, 0) is 53.5 Å². The first kappa shape index (κ1) is 22.9. The summed E-state index contributed by atoms with van der Waals surface area (Å²) in [6.45, 7) is 4.47. The standard InChI is InChI=1S/C29H29N5O/c1-3-33(2)18-23-8-4-5-10-25(23)21-11-13-22(14-12-21)27-29(35)28-26(17-31-27)32-19-34(28)24-9-6-7-20(15-24)16-30/h4-15,17,19,27H,3,16,18,30H2,1-2H3. The van der Waals surface area contributed by atoms with Crippen LogP contribution >= 0.6 is 0 Å². The highest BCUT2D eigenvalue weighted by molar-refractivity contribution is 6.08. The fourth-order valence-electron chi connectivity index (χ4n) is 4.50. The molecule has 1 aliphatic rings. The third-order valence-electron chi connectivity index (χ3n) is 6.58. The summed E-state index contributed by atoms with van der Waals surface area (Å²) in [6, 6.07) is 23.9. The molecule has 0 saturated heterocycles. The second-order valence-electron chi connectivity index (χ2n) is 8.88. The number of nitrogens with two attached hydrogens (primary N) is 1. The van der Waals surface area contributed by atoms with E-state index in [0.717, 1.165) is 35.5 Å². The number of hydrogen-bond donors (Lipinski definition) is 1. The van der Waals surface area contributed by atoms with E-state index in [2.05, 4.69) is 65.2 Å². The van der Waals surface area contributed by atoms with Crippen molar-refractivity contribution in [3.05, 3.63) is 107 Å². The Labute approximate surface area is 205 Å². The molecule has 0 radical (unpaired) electrons. The van der Waals surface area contributed by atoms with E-state index in [1.54, 1.807) is 12.5 Å². The number of aliphatic imine (C=N–C) groups is 1. The Kier molecular flexibility index (Phi) is 6.40. The molecule has 4 aromatic rings. The van der Waals surface area contributed by atoms with Gasteiger partial charge in [0.15, 0.2) is 0 Å². The normalized spacial score (nSPS) is 15.0. The molecular weight excluding hydrogens is 434 g/mol. The predicted molar refractivity (Wildman–Crippen MR) is 140 cm³/mol. The quantitative estimate of drug-likeness (QED) is 0.427. The van der Waals surface area contributed by atoms with E-state index in [1.165, 1.54) is 11.1 Å². The highest BCUT2D eigenvalue weighted by Crippen LogP contribution is 2.31. The van der Waals surface area contributed by atoms with Crippen LogP contribution in [0.5, 0.6) is 0 Å². The topological polar surface area (TPSA) is 76.5 Å². The van der Waals surface area contributed by atoms with Crippen LogP contribution in [-0.2, 0) is 13.1 Å². The van der Waals surface area contributed by atoms with Crippen molar-refractivity contribution < 1.29 is 4.79 Å². The molecule has 0 fully saturated rings. The summed E-state index contributed by atoms with van der Waals surface area (Å²) < 4.78 is 1.84. The molecular formula is C29H29N5O. The van der Waals surface area contributed by atoms with Gasteiger partial charge in [-0.15, -0.1) is 0 Å². The zero-order chi connectivity index (χ0) is 24.4. The van der Waals surface area contributed by atoms with E-state index in [-0.39, 0.29) is 5.78 Å². The van der Waals surface area contributed by atoms with Crippen molar-refractivity contribution >= 4 is 12.0 Å². The Bertz CT molecular complexity index is 1390. The fraction of sp³-hybridized carbons (Fsp3) is 0.207. The minimum atomic E-state index is -0.592. The van der Waals surface area contributed by atoms with Gasteiger partial charge < -0.3 is 10.6 Å². The van der Waals surface area contributed by atoms with Crippen molar-refractivity contribution in [1.82, 2.24) is 14.5 Å². The van der Waals surface area contributed by atoms with E-state index in [0.29, 0.717) is 17.9 Å². The van der Waals surface area contributed by atoms with Crippen LogP contribution in [0.1, 0.15) is 45.8 Å². The van der Waals surface area contributed by atoms with Crippen molar-refractivity contribution in [2.24, 2.45) is 10.7 Å². The number of hydrogen-bond acceptors (Lipinski definition) is 5. The number of Topliss-reactive ketones (excluding diaryl/α,β-unsaturated/α-hetero) is 1. The van der Waals surface area contributed by atoms with Crippen LogP contribution in [0, 0.1) is 0 Å². The molecule has 1 aliphatic heterocycles. The maximum absolute atomic E-state index is 13.6. The van der Waals surface area contributed by atoms with Gasteiger partial charge in [0, 0.05) is 18.8 Å². The molecule has 0 bridgehead atoms. The monoisotopic (exact) mass is 463 g/mol. The smallest absolute Gasteiger partial charge is 0.210 e. The van der Waals surface area contributed by atoms with Crippen molar-refractivity contribution in [3.8, 4) is 16.8 Å². The average molecular weight is 464 g/mol. The lowest BCUT2D eigenvalue weighted by atomic mass is 9.94. The van der Waals surface area contributed by atoms with Crippen LogP contribution in [0.15, 0.2) is 84.1 Å². The van der Waals surface area contributed by atoms with Crippen LogP contribution < -0.4 is 5.73 Å². The molecule has 1 aromatic heterocycles. The van der Waals surface area contributed by atoms with E-state index in [9.17, 15) is 4.79 Å². The summed E-state index contributed by atoms with van der Waals surface area (Å²) in [5.74, 6) is -0.0594. The minimum absolute atomic E-state index is 0.0594. The van der Waals surface area contributed by atoms with Crippen molar-refractivity contribution in [2.75, 3.05) is 13.6 Å². The average Bonchev–Trinajstić information content (AvgIpc) is 3.34. The predicted octanol–water partition coefficient (Wildman–Crippen LogP) is 4.81. The molecule has 6 nitrogen and oxygen atoms in total. The second-order valence-corrected chi connectivity index (χ2v) is 8.88. The van der Waals surface area contributed by atoms with Gasteiger partial charge in [0.2, 0.25) is 5.78 Å². The molecule has 35 heavy (non-hydrogen) atoms. The van der Waals surface area contributed by atoms with Gasteiger partial charge >= 0.3 is 0 Å². The summed E-state index contributed by atoms with van der Waals surface area (Å²) in [4.78, 5) is 24.8. The summed E-state index contributed by atoms with van der Waals surface area (Å²) in [5.41, 5.74) is 13.3. The maximum Gasteiger partial charge on any atom is 0.210 e. The number of imidazole rings is 1. The molecule has 1 unspecified atom stereocenters. The number of nitrogens with zero attached hydrogens (tertiary/aromatic N) is 4. The van der Waals surface area contributed by atoms with Gasteiger partial charge in [-0.3, -0.25) is 14.4 Å². The van der Waals surface area contributed by atoms with E-state index in [4.69, 9.17) is 5.73 Å². The molecule has 6 heteroatoms. The maximum atomic E-state index is 13.6. The lowest BCUT2D eigenvalue weighted by Gasteiger charge is -2.19. The first-order valence-electron chi connectivity index (χ1n) is 11.9. The molecule has 0 aliphatic carbocycles. The molecule has 2 N–H and O–H groups in total. The lowest BCUT2D eigenvalue weighted by Crippen LogP contribution is -2.20. The second kappa shape index (κ2) is 9.78. The Morgan fingerprint density at radius 2 is 1.83 bits per heavy atom. The zero-order valence-electron chi connectivity index (χ0n) is 20.1. The Morgan fingerprint density at radius 1 is 1.03 bits per heavy atom. The fourth-order valence-corrected chi connectivity index (χ4v) is 4.50. The van der Waals surface area contributed by atoms with Gasteiger partial charge in [-0.1, -0.05) is 67.6 Å². The third kappa shape index (κ3) is 4.46. The van der Waals surface area contributed by atoms with Crippen LogP contribution in [0.3, 0.4) is 0 Å². The van der Waals surface area contributed by atoms with Crippen molar-refractivity contribution in [1.29, 1.82) is 0 Å². The van der Waals surface area contributed by atoms with Crippen molar-refractivity contribution in [2.45, 2.75) is 26.1 Å². The number of carbonyl (C=O) groups is 1. The Balaban J connectivity index is 1.44. The van der Waals surface area contributed by atoms with Gasteiger partial charge in [0.05, 0.1) is 6.21 Å². The van der Waals surface area contributed by atoms with Crippen LogP contribution in [-0.4, -0.2) is 40.0 Å². The van der Waals surface area contributed by atoms with Gasteiger partial charge in [0.1, 0.15) is 23.8 Å². The Morgan fingerprint density at radius 3 is 2.60 bits per heavy atom. The van der Waals surface area contributed by atoms with Crippen LogP contribution in [0.25, 0.3) is 16.8 Å². The summed E-state index contributed by atoms with van der Waals surface area (Å²) >= 11 is 0. The zero-order valence-corrected chi connectivity index (χ0v) is 20.1. The lowest BCUT2D eigenvalue weighted by molar-refractivity contribution is 0.0953. The van der Waals surface area contributed by atoms with Crippen LogP contribution in [0.4, 0.5) is 0 Å². The Hall–Kier alpha value is -3.87. The molecule has 3 aromatic carbocycles. The molecule has 5 rings (SSSR count). The van der Waals surface area contributed by atoms with E-state index < -0.39 is 6.04 Å². The first-order chi connectivity index (χ1) is 17.1. The summed E-state index contributed by atoms with van der Waals surface area (Å²) in [5, 5.41) is 0. The molecule has 0 amide bonds. The molecule has 2 heterocycles. The number of benzene rings is 3. The van der Waals surface area contributed by atoms with E-state index >= 15 is 0 Å². The summed E-state index contributed by atoms with van der Waals surface area (Å²) in [6.07, 6.45) is 3.38. The SMILES string of the molecule is CCN(C)Cc1ccccc1-c1ccc(C2N=Cc3ncn(-c4cccc(CN)c4)c3C2=O)cc1. The molecule has 1 atom stereocenters. The molecule has 176 valence electrons. The largest absolute Gasteiger partial charge is 0.326 e. The number of fused-ring (bicyclic) bond motifs is 1. The van der Waals surface area contributed by atoms with Gasteiger partial charge in [0.25, 0.3) is 0 Å². The number of aromatic nitrogens is 2. The van der Waals surface area contributed by atoms with Gasteiger partial charge in [-0.25, -0.2) is 4.98 Å². The van der Waals surface area contributed by atoms with Crippen LogP contribution in [0.2, 0.25) is 0 Å². The third-order valence-corrected chi connectivity index (χ3v) is 6.58. The minimum Gasteiger partial charge on any atom is -0.326 e. The number of carbonyl (C=O) groups excluding carboxylic acids is 1.